The molecular formula is C13H24N2O3. The molecule has 5 heteroatoms. The number of hydrogen-bond acceptors (Lipinski definition) is 4. The van der Waals surface area contributed by atoms with E-state index in [9.17, 15) is 9.59 Å². The van der Waals surface area contributed by atoms with Gasteiger partial charge < -0.3 is 10.1 Å². The lowest BCUT2D eigenvalue weighted by Crippen LogP contribution is -2.46. The van der Waals surface area contributed by atoms with Gasteiger partial charge in [0.1, 0.15) is 6.04 Å². The molecule has 1 aliphatic heterocycles. The average Bonchev–Trinajstić information content (AvgIpc) is 2.36. The highest BCUT2D eigenvalue weighted by atomic mass is 16.5. The SMILES string of the molecule is CCOC(=O)C(C)N1CCC(CNC(C)=O)CC1. The van der Waals surface area contributed by atoms with Crippen molar-refractivity contribution in [3.8, 4) is 0 Å². The largest absolute Gasteiger partial charge is 0.465 e. The van der Waals surface area contributed by atoms with Gasteiger partial charge >= 0.3 is 5.97 Å². The molecule has 1 saturated heterocycles. The van der Waals surface area contributed by atoms with Gasteiger partial charge in [-0.1, -0.05) is 0 Å². The summed E-state index contributed by atoms with van der Waals surface area (Å²) in [5, 5.41) is 2.85. The number of esters is 1. The maximum absolute atomic E-state index is 11.6. The normalized spacial score (nSPS) is 19.3. The van der Waals surface area contributed by atoms with E-state index in [1.54, 1.807) is 0 Å². The van der Waals surface area contributed by atoms with Crippen LogP contribution in [0.4, 0.5) is 0 Å². The first kappa shape index (κ1) is 15.0. The highest BCUT2D eigenvalue weighted by Crippen LogP contribution is 2.18. The van der Waals surface area contributed by atoms with Crippen LogP contribution in [0.5, 0.6) is 0 Å². The minimum atomic E-state index is -0.160. The van der Waals surface area contributed by atoms with Crippen molar-refractivity contribution in [1.82, 2.24) is 10.2 Å². The minimum absolute atomic E-state index is 0.0253. The van der Waals surface area contributed by atoms with Crippen LogP contribution in [-0.2, 0) is 14.3 Å². The Morgan fingerprint density at radius 1 is 1.39 bits per heavy atom. The van der Waals surface area contributed by atoms with Gasteiger partial charge in [-0.3, -0.25) is 14.5 Å². The van der Waals surface area contributed by atoms with E-state index in [4.69, 9.17) is 4.74 Å². The number of nitrogens with one attached hydrogen (secondary N) is 1. The summed E-state index contributed by atoms with van der Waals surface area (Å²) >= 11 is 0. The van der Waals surface area contributed by atoms with Crippen LogP contribution >= 0.6 is 0 Å². The molecule has 1 unspecified atom stereocenters. The maximum atomic E-state index is 11.6. The molecule has 0 radical (unpaired) electrons. The van der Waals surface area contributed by atoms with Crippen molar-refractivity contribution in [3.63, 3.8) is 0 Å². The van der Waals surface area contributed by atoms with E-state index in [0.29, 0.717) is 12.5 Å². The summed E-state index contributed by atoms with van der Waals surface area (Å²) in [6.07, 6.45) is 2.04. The van der Waals surface area contributed by atoms with Crippen molar-refractivity contribution in [3.05, 3.63) is 0 Å². The molecule has 18 heavy (non-hydrogen) atoms. The maximum Gasteiger partial charge on any atom is 0.323 e. The third kappa shape index (κ3) is 4.64. The van der Waals surface area contributed by atoms with Gasteiger partial charge in [-0.15, -0.1) is 0 Å². The molecule has 1 atom stereocenters. The van der Waals surface area contributed by atoms with Crippen LogP contribution < -0.4 is 5.32 Å². The molecule has 0 bridgehead atoms. The summed E-state index contributed by atoms with van der Waals surface area (Å²) in [4.78, 5) is 24.6. The summed E-state index contributed by atoms with van der Waals surface area (Å²) in [5.41, 5.74) is 0. The molecule has 1 aliphatic rings. The topological polar surface area (TPSA) is 58.6 Å². The molecule has 1 rings (SSSR count). The molecule has 0 aromatic carbocycles. The first-order valence-corrected chi connectivity index (χ1v) is 6.69. The van der Waals surface area contributed by atoms with E-state index >= 15 is 0 Å². The summed E-state index contributed by atoms with van der Waals surface area (Å²) < 4.78 is 5.03. The number of amides is 1. The molecule has 0 saturated carbocycles. The van der Waals surface area contributed by atoms with Crippen molar-refractivity contribution in [2.75, 3.05) is 26.2 Å². The lowest BCUT2D eigenvalue weighted by atomic mass is 9.96. The summed E-state index contributed by atoms with van der Waals surface area (Å²) in [5.74, 6) is 0.412. The van der Waals surface area contributed by atoms with Crippen LogP contribution in [0.25, 0.3) is 0 Å². The van der Waals surface area contributed by atoms with Gasteiger partial charge in [0.25, 0.3) is 0 Å². The molecule has 104 valence electrons. The van der Waals surface area contributed by atoms with Gasteiger partial charge in [-0.25, -0.2) is 0 Å². The van der Waals surface area contributed by atoms with Crippen molar-refractivity contribution in [1.29, 1.82) is 0 Å². The van der Waals surface area contributed by atoms with E-state index in [2.05, 4.69) is 10.2 Å². The predicted molar refractivity (Wildman–Crippen MR) is 69.1 cm³/mol. The van der Waals surface area contributed by atoms with Crippen LogP contribution in [0.3, 0.4) is 0 Å². The van der Waals surface area contributed by atoms with E-state index in [1.165, 1.54) is 6.92 Å². The number of hydrogen-bond donors (Lipinski definition) is 1. The van der Waals surface area contributed by atoms with E-state index < -0.39 is 0 Å². The van der Waals surface area contributed by atoms with Gasteiger partial charge in [0, 0.05) is 13.5 Å². The number of likely N-dealkylation sites (tertiary alicyclic amines) is 1. The lowest BCUT2D eigenvalue weighted by Gasteiger charge is -2.34. The van der Waals surface area contributed by atoms with Crippen LogP contribution in [-0.4, -0.2) is 49.1 Å². The van der Waals surface area contributed by atoms with Crippen LogP contribution in [0.2, 0.25) is 0 Å². The Kier molecular flexibility index (Phi) is 6.12. The average molecular weight is 256 g/mol. The second-order valence-corrected chi connectivity index (χ2v) is 4.84. The minimum Gasteiger partial charge on any atom is -0.465 e. The monoisotopic (exact) mass is 256 g/mol. The Hall–Kier alpha value is -1.10. The Balaban J connectivity index is 2.30. The summed E-state index contributed by atoms with van der Waals surface area (Å²) in [6, 6.07) is -0.160. The molecule has 0 aliphatic carbocycles. The highest BCUT2D eigenvalue weighted by Gasteiger charge is 2.27. The predicted octanol–water partition coefficient (Wildman–Crippen LogP) is 0.786. The first-order valence-electron chi connectivity index (χ1n) is 6.69. The number of carbonyl (C=O) groups is 2. The molecule has 1 amide bonds. The van der Waals surface area contributed by atoms with Crippen molar-refractivity contribution < 1.29 is 14.3 Å². The molecule has 5 nitrogen and oxygen atoms in total. The van der Waals surface area contributed by atoms with E-state index in [1.807, 2.05) is 13.8 Å². The molecular weight excluding hydrogens is 232 g/mol. The third-order valence-electron chi connectivity index (χ3n) is 3.46. The zero-order valence-electron chi connectivity index (χ0n) is 11.6. The van der Waals surface area contributed by atoms with Gasteiger partial charge in [0.05, 0.1) is 6.61 Å². The van der Waals surface area contributed by atoms with Crippen molar-refractivity contribution in [2.45, 2.75) is 39.7 Å². The van der Waals surface area contributed by atoms with Crippen LogP contribution in [0.15, 0.2) is 0 Å². The second-order valence-electron chi connectivity index (χ2n) is 4.84. The zero-order chi connectivity index (χ0) is 13.5. The molecule has 1 heterocycles. The van der Waals surface area contributed by atoms with Gasteiger partial charge in [0.2, 0.25) is 5.91 Å². The summed E-state index contributed by atoms with van der Waals surface area (Å²) in [6.45, 7) is 8.22. The number of piperidine rings is 1. The van der Waals surface area contributed by atoms with Gasteiger partial charge in [-0.05, 0) is 45.7 Å². The summed E-state index contributed by atoms with van der Waals surface area (Å²) in [7, 11) is 0. The zero-order valence-corrected chi connectivity index (χ0v) is 11.6. The first-order chi connectivity index (χ1) is 8.54. The molecule has 0 aromatic heterocycles. The fourth-order valence-corrected chi connectivity index (χ4v) is 2.24. The Labute approximate surface area is 109 Å². The Morgan fingerprint density at radius 2 is 2.00 bits per heavy atom. The number of ether oxygens (including phenoxy) is 1. The van der Waals surface area contributed by atoms with Crippen LogP contribution in [0, 0.1) is 5.92 Å². The molecule has 0 spiro atoms. The second kappa shape index (κ2) is 7.36. The number of nitrogens with zero attached hydrogens (tertiary/aromatic N) is 1. The fraction of sp³-hybridized carbons (Fsp3) is 0.846. The Morgan fingerprint density at radius 3 is 2.50 bits per heavy atom. The smallest absolute Gasteiger partial charge is 0.323 e. The van der Waals surface area contributed by atoms with Crippen LogP contribution in [0.1, 0.15) is 33.6 Å². The van der Waals surface area contributed by atoms with Gasteiger partial charge in [0.15, 0.2) is 0 Å². The number of carbonyl (C=O) groups excluding carboxylic acids is 2. The fourth-order valence-electron chi connectivity index (χ4n) is 2.24. The molecule has 0 aromatic rings. The lowest BCUT2D eigenvalue weighted by molar-refractivity contribution is -0.149. The third-order valence-corrected chi connectivity index (χ3v) is 3.46. The quantitative estimate of drug-likeness (QED) is 0.739. The van der Waals surface area contributed by atoms with E-state index in [0.717, 1.165) is 32.5 Å². The number of rotatable bonds is 5. The van der Waals surface area contributed by atoms with Crippen molar-refractivity contribution >= 4 is 11.9 Å². The standard InChI is InChI=1S/C13H24N2O3/c1-4-18-13(17)10(2)15-7-5-12(6-8-15)9-14-11(3)16/h10,12H,4-9H2,1-3H3,(H,14,16). The Bertz CT molecular complexity index is 286. The molecule has 1 N–H and O–H groups in total. The molecule has 1 fully saturated rings. The van der Waals surface area contributed by atoms with E-state index in [-0.39, 0.29) is 17.9 Å². The highest BCUT2D eigenvalue weighted by molar-refractivity contribution is 5.75. The van der Waals surface area contributed by atoms with Gasteiger partial charge in [-0.2, -0.15) is 0 Å². The van der Waals surface area contributed by atoms with Crippen molar-refractivity contribution in [2.24, 2.45) is 5.92 Å².